The summed E-state index contributed by atoms with van der Waals surface area (Å²) in [4.78, 5) is 0. The van der Waals surface area contributed by atoms with E-state index in [2.05, 4.69) is 25.2 Å². The van der Waals surface area contributed by atoms with Crippen LogP contribution in [0.25, 0.3) is 0 Å². The predicted octanol–water partition coefficient (Wildman–Crippen LogP) is 2.92. The van der Waals surface area contributed by atoms with Crippen LogP contribution < -0.4 is 0 Å². The summed E-state index contributed by atoms with van der Waals surface area (Å²) in [5, 5.41) is 0. The first kappa shape index (κ1) is 7.48. The molecule has 0 fully saturated rings. The zero-order valence-corrected chi connectivity index (χ0v) is 5.72. The van der Waals surface area contributed by atoms with Crippen LogP contribution in [-0.2, 0) is 0 Å². The van der Waals surface area contributed by atoms with E-state index in [-0.39, 0.29) is 0 Å². The maximum atomic E-state index is 2.18. The van der Waals surface area contributed by atoms with E-state index in [1.807, 2.05) is 13.0 Å². The average Bonchev–Trinajstić information content (AvgIpc) is 1.81. The van der Waals surface area contributed by atoms with Crippen LogP contribution in [0.1, 0.15) is 26.7 Å². The van der Waals surface area contributed by atoms with Gasteiger partial charge in [-0.05, 0) is 13.3 Å². The van der Waals surface area contributed by atoms with Crippen molar-refractivity contribution in [2.75, 3.05) is 0 Å². The van der Waals surface area contributed by atoms with Crippen LogP contribution in [-0.4, -0.2) is 0 Å². The van der Waals surface area contributed by atoms with Crippen molar-refractivity contribution in [2.45, 2.75) is 26.7 Å². The van der Waals surface area contributed by atoms with E-state index in [9.17, 15) is 0 Å². The Labute approximate surface area is 51.9 Å². The van der Waals surface area contributed by atoms with Gasteiger partial charge < -0.3 is 0 Å². The van der Waals surface area contributed by atoms with E-state index in [1.165, 1.54) is 12.8 Å². The fourth-order valence-electron chi connectivity index (χ4n) is 0.453. The summed E-state index contributed by atoms with van der Waals surface area (Å²) in [7, 11) is 0. The van der Waals surface area contributed by atoms with E-state index in [1.54, 1.807) is 0 Å². The summed E-state index contributed by atoms with van der Waals surface area (Å²) < 4.78 is 0. The minimum Gasteiger partial charge on any atom is -0.0877 e. The van der Waals surface area contributed by atoms with E-state index in [0.717, 1.165) is 0 Å². The molecule has 0 saturated heterocycles. The summed E-state index contributed by atoms with van der Waals surface area (Å²) in [6.07, 6.45) is 10.8. The molecule has 0 saturated carbocycles. The molecule has 0 aliphatic rings. The molecule has 0 atom stereocenters. The van der Waals surface area contributed by atoms with Gasteiger partial charge in [0.05, 0.1) is 0 Å². The van der Waals surface area contributed by atoms with Crippen molar-refractivity contribution in [1.82, 2.24) is 0 Å². The average molecular weight is 110 g/mol. The van der Waals surface area contributed by atoms with E-state index in [4.69, 9.17) is 0 Å². The van der Waals surface area contributed by atoms with Crippen LogP contribution >= 0.6 is 0 Å². The lowest BCUT2D eigenvalue weighted by Gasteiger charge is -1.78. The SMILES string of the molecule is C/C=C/C=CCCC. The summed E-state index contributed by atoms with van der Waals surface area (Å²) in [5.41, 5.74) is 0. The molecule has 46 valence electrons. The second kappa shape index (κ2) is 6.48. The topological polar surface area (TPSA) is 0 Å². The summed E-state index contributed by atoms with van der Waals surface area (Å²) in [5.74, 6) is 0. The van der Waals surface area contributed by atoms with Crippen LogP contribution in [0.5, 0.6) is 0 Å². The maximum absolute atomic E-state index is 2.18. The van der Waals surface area contributed by atoms with Gasteiger partial charge in [0.2, 0.25) is 0 Å². The highest BCUT2D eigenvalue weighted by atomic mass is 13.7. The highest BCUT2D eigenvalue weighted by molar-refractivity contribution is 5.00. The molecule has 0 nitrogen and oxygen atoms in total. The Morgan fingerprint density at radius 1 is 1.25 bits per heavy atom. The normalized spacial score (nSPS) is 11.8. The first-order valence-corrected chi connectivity index (χ1v) is 3.19. The molecule has 0 radical (unpaired) electrons. The number of hydrogen-bond donors (Lipinski definition) is 0. The van der Waals surface area contributed by atoms with Gasteiger partial charge in [0.25, 0.3) is 0 Å². The summed E-state index contributed by atoms with van der Waals surface area (Å²) in [6.45, 7) is 4.20. The Morgan fingerprint density at radius 3 is 2.50 bits per heavy atom. The molecule has 0 heterocycles. The summed E-state index contributed by atoms with van der Waals surface area (Å²) >= 11 is 0. The first-order valence-electron chi connectivity index (χ1n) is 3.19. The van der Waals surface area contributed by atoms with Gasteiger partial charge in [-0.15, -0.1) is 0 Å². The number of allylic oxidation sites excluding steroid dienone is 4. The molecule has 8 heavy (non-hydrogen) atoms. The number of unbranched alkanes of at least 4 members (excludes halogenated alkanes) is 1. The fraction of sp³-hybridized carbons (Fsp3) is 0.500. The Hall–Kier alpha value is -0.520. The maximum Gasteiger partial charge on any atom is -0.0350 e. The van der Waals surface area contributed by atoms with Crippen molar-refractivity contribution in [3.05, 3.63) is 24.3 Å². The Bertz CT molecular complexity index is 78.0. The van der Waals surface area contributed by atoms with Crippen molar-refractivity contribution in [3.8, 4) is 0 Å². The number of hydrogen-bond acceptors (Lipinski definition) is 0. The Balaban J connectivity index is 3.07. The highest BCUT2D eigenvalue weighted by Crippen LogP contribution is 1.87. The third kappa shape index (κ3) is 5.48. The van der Waals surface area contributed by atoms with Gasteiger partial charge in [-0.1, -0.05) is 37.6 Å². The molecule has 0 heteroatoms. The molecule has 0 N–H and O–H groups in total. The van der Waals surface area contributed by atoms with Gasteiger partial charge in [-0.25, -0.2) is 0 Å². The van der Waals surface area contributed by atoms with Crippen molar-refractivity contribution < 1.29 is 0 Å². The molecule has 0 unspecified atom stereocenters. The monoisotopic (exact) mass is 110 g/mol. The zero-order chi connectivity index (χ0) is 6.24. The predicted molar refractivity (Wildman–Crippen MR) is 38.9 cm³/mol. The minimum atomic E-state index is 1.20. The molecule has 0 aliphatic carbocycles. The quantitative estimate of drug-likeness (QED) is 0.490. The van der Waals surface area contributed by atoms with Gasteiger partial charge in [-0.3, -0.25) is 0 Å². The van der Waals surface area contributed by atoms with E-state index >= 15 is 0 Å². The molecule has 0 aromatic heterocycles. The van der Waals surface area contributed by atoms with Crippen LogP contribution in [0.15, 0.2) is 24.3 Å². The Morgan fingerprint density at radius 2 is 2.00 bits per heavy atom. The zero-order valence-electron chi connectivity index (χ0n) is 5.72. The largest absolute Gasteiger partial charge is 0.0877 e. The minimum absolute atomic E-state index is 1.20. The van der Waals surface area contributed by atoms with E-state index in [0.29, 0.717) is 0 Å². The number of rotatable bonds is 3. The fourth-order valence-corrected chi connectivity index (χ4v) is 0.453. The molecular formula is C8H14. The van der Waals surface area contributed by atoms with Gasteiger partial charge in [-0.2, -0.15) is 0 Å². The smallest absolute Gasteiger partial charge is 0.0350 e. The molecule has 0 aliphatic heterocycles. The second-order valence-corrected chi connectivity index (χ2v) is 1.74. The molecule has 0 amide bonds. The third-order valence-corrected chi connectivity index (χ3v) is 0.895. The Kier molecular flexibility index (Phi) is 6.06. The lowest BCUT2D eigenvalue weighted by Crippen LogP contribution is -1.57. The standard InChI is InChI=1S/C8H14/c1-3-5-7-8-6-4-2/h3,5,7-8H,4,6H2,1-2H3/b5-3+,8-7?. The molecule has 0 bridgehead atoms. The lowest BCUT2D eigenvalue weighted by atomic mass is 10.3. The van der Waals surface area contributed by atoms with Crippen LogP contribution in [0.4, 0.5) is 0 Å². The van der Waals surface area contributed by atoms with Crippen molar-refractivity contribution in [2.24, 2.45) is 0 Å². The highest BCUT2D eigenvalue weighted by Gasteiger charge is 1.67. The van der Waals surface area contributed by atoms with Crippen LogP contribution in [0.2, 0.25) is 0 Å². The van der Waals surface area contributed by atoms with Gasteiger partial charge in [0.1, 0.15) is 0 Å². The van der Waals surface area contributed by atoms with Crippen molar-refractivity contribution >= 4 is 0 Å². The third-order valence-electron chi connectivity index (χ3n) is 0.895. The van der Waals surface area contributed by atoms with Crippen LogP contribution in [0, 0.1) is 0 Å². The first-order chi connectivity index (χ1) is 3.91. The molecule has 0 aromatic carbocycles. The van der Waals surface area contributed by atoms with Crippen molar-refractivity contribution in [1.29, 1.82) is 0 Å². The lowest BCUT2D eigenvalue weighted by molar-refractivity contribution is 0.959. The van der Waals surface area contributed by atoms with Gasteiger partial charge in [0.15, 0.2) is 0 Å². The van der Waals surface area contributed by atoms with Gasteiger partial charge >= 0.3 is 0 Å². The molecular weight excluding hydrogens is 96.1 g/mol. The second-order valence-electron chi connectivity index (χ2n) is 1.74. The molecule has 0 aromatic rings. The van der Waals surface area contributed by atoms with E-state index < -0.39 is 0 Å². The van der Waals surface area contributed by atoms with Crippen molar-refractivity contribution in [3.63, 3.8) is 0 Å². The molecule has 0 rings (SSSR count). The molecule has 0 spiro atoms. The summed E-state index contributed by atoms with van der Waals surface area (Å²) in [6, 6.07) is 0. The van der Waals surface area contributed by atoms with Gasteiger partial charge in [0, 0.05) is 0 Å². The van der Waals surface area contributed by atoms with Crippen LogP contribution in [0.3, 0.4) is 0 Å².